The molecule has 0 fully saturated rings. The van der Waals surface area contributed by atoms with Gasteiger partial charge in [-0.2, -0.15) is 0 Å². The van der Waals surface area contributed by atoms with Crippen molar-refractivity contribution in [3.05, 3.63) is 47.0 Å². The highest BCUT2D eigenvalue weighted by Gasteiger charge is 2.56. The molecule has 1 atom stereocenters. The molecule has 136 valence electrons. The molecule has 3 rings (SSSR count). The van der Waals surface area contributed by atoms with Crippen LogP contribution in [0.1, 0.15) is 23.6 Å². The normalized spacial score (nSPS) is 18.2. The van der Waals surface area contributed by atoms with Crippen molar-refractivity contribution in [3.63, 3.8) is 0 Å². The number of carbonyl (C=O) groups excluding carboxylic acids is 2. The fourth-order valence-corrected chi connectivity index (χ4v) is 3.56. The highest BCUT2D eigenvalue weighted by atomic mass is 16.6. The number of phenols is 1. The largest absolute Gasteiger partial charge is 0.504 e. The van der Waals surface area contributed by atoms with Gasteiger partial charge in [-0.05, 0) is 25.8 Å². The Morgan fingerprint density at radius 1 is 1.15 bits per heavy atom. The third-order valence-electron chi connectivity index (χ3n) is 4.88. The molecule has 1 heterocycles. The first-order chi connectivity index (χ1) is 12.4. The van der Waals surface area contributed by atoms with Crippen LogP contribution >= 0.6 is 0 Å². The molecule has 6 heteroatoms. The molecule has 0 saturated heterocycles. The van der Waals surface area contributed by atoms with E-state index in [9.17, 15) is 14.7 Å². The van der Waals surface area contributed by atoms with Gasteiger partial charge in [0.15, 0.2) is 22.7 Å². The number of esters is 1. The van der Waals surface area contributed by atoms with Gasteiger partial charge in [0.25, 0.3) is 0 Å². The number of methoxy groups -OCH3 is 2. The Morgan fingerprint density at radius 2 is 1.77 bits per heavy atom. The number of fused-ring (bicyclic) bond motifs is 1. The van der Waals surface area contributed by atoms with Crippen molar-refractivity contribution in [2.75, 3.05) is 14.2 Å². The number of hydrogen-bond acceptors (Lipinski definition) is 6. The molecule has 0 radical (unpaired) electrons. The van der Waals surface area contributed by atoms with Crippen molar-refractivity contribution in [1.82, 2.24) is 0 Å². The molecular weight excluding hydrogens is 336 g/mol. The average molecular weight is 356 g/mol. The number of phenolic OH excluding ortho intramolecular Hbond substituents is 1. The lowest BCUT2D eigenvalue weighted by Gasteiger charge is -2.25. The van der Waals surface area contributed by atoms with E-state index < -0.39 is 11.4 Å². The minimum Gasteiger partial charge on any atom is -0.504 e. The highest BCUT2D eigenvalue weighted by molar-refractivity contribution is 6.13. The van der Waals surface area contributed by atoms with Crippen LogP contribution < -0.4 is 14.2 Å². The average Bonchev–Trinajstić information content (AvgIpc) is 2.92. The minimum absolute atomic E-state index is 0.0654. The zero-order valence-corrected chi connectivity index (χ0v) is 15.1. The first-order valence-corrected chi connectivity index (χ1v) is 8.13. The Bertz CT molecular complexity index is 887. The van der Waals surface area contributed by atoms with E-state index in [1.54, 1.807) is 6.92 Å². The van der Waals surface area contributed by atoms with Crippen molar-refractivity contribution < 1.29 is 28.9 Å². The van der Waals surface area contributed by atoms with Crippen LogP contribution in [-0.4, -0.2) is 31.1 Å². The Hall–Kier alpha value is -3.02. The van der Waals surface area contributed by atoms with E-state index in [2.05, 4.69) is 0 Å². The van der Waals surface area contributed by atoms with Crippen LogP contribution in [0.5, 0.6) is 23.0 Å². The van der Waals surface area contributed by atoms with Gasteiger partial charge in [0.1, 0.15) is 0 Å². The summed E-state index contributed by atoms with van der Waals surface area (Å²) >= 11 is 0. The van der Waals surface area contributed by atoms with E-state index in [0.717, 1.165) is 5.56 Å². The molecular formula is C20H20O6. The van der Waals surface area contributed by atoms with Crippen molar-refractivity contribution >= 4 is 11.8 Å². The maximum absolute atomic E-state index is 12.9. The van der Waals surface area contributed by atoms with Crippen LogP contribution in [0.3, 0.4) is 0 Å². The third kappa shape index (κ3) is 2.33. The summed E-state index contributed by atoms with van der Waals surface area (Å²) in [6.07, 6.45) is 0.130. The lowest BCUT2D eigenvalue weighted by atomic mass is 9.72. The molecule has 0 unspecified atom stereocenters. The van der Waals surface area contributed by atoms with Gasteiger partial charge in [0, 0.05) is 11.1 Å². The van der Waals surface area contributed by atoms with E-state index in [4.69, 9.17) is 14.2 Å². The molecule has 0 spiro atoms. The molecule has 6 nitrogen and oxygen atoms in total. The molecule has 1 N–H and O–H groups in total. The Labute approximate surface area is 151 Å². The van der Waals surface area contributed by atoms with Crippen molar-refractivity contribution in [1.29, 1.82) is 0 Å². The number of rotatable bonds is 5. The smallest absolute Gasteiger partial charge is 0.330 e. The second-order valence-corrected chi connectivity index (χ2v) is 6.26. The summed E-state index contributed by atoms with van der Waals surface area (Å²) in [5, 5.41) is 10.6. The Morgan fingerprint density at radius 3 is 2.31 bits per heavy atom. The Kier molecular flexibility index (Phi) is 4.36. The summed E-state index contributed by atoms with van der Waals surface area (Å²) in [7, 11) is 2.76. The predicted octanol–water partition coefficient (Wildman–Crippen LogP) is 2.71. The van der Waals surface area contributed by atoms with E-state index >= 15 is 0 Å². The molecule has 2 aromatic carbocycles. The molecule has 0 aliphatic carbocycles. The summed E-state index contributed by atoms with van der Waals surface area (Å²) in [6.45, 7) is 2.98. The van der Waals surface area contributed by atoms with Crippen LogP contribution in [0.15, 0.2) is 30.3 Å². The van der Waals surface area contributed by atoms with Crippen LogP contribution in [0.4, 0.5) is 0 Å². The zero-order valence-electron chi connectivity index (χ0n) is 15.1. The molecule has 0 aromatic heterocycles. The monoisotopic (exact) mass is 356 g/mol. The van der Waals surface area contributed by atoms with Gasteiger partial charge >= 0.3 is 5.97 Å². The van der Waals surface area contributed by atoms with Gasteiger partial charge in [-0.3, -0.25) is 9.59 Å². The number of ketones is 1. The van der Waals surface area contributed by atoms with Crippen LogP contribution in [0.2, 0.25) is 0 Å². The van der Waals surface area contributed by atoms with Gasteiger partial charge in [0.05, 0.1) is 14.2 Å². The summed E-state index contributed by atoms with van der Waals surface area (Å²) in [5.74, 6) is -0.945. The van der Waals surface area contributed by atoms with Gasteiger partial charge in [-0.1, -0.05) is 30.3 Å². The summed E-state index contributed by atoms with van der Waals surface area (Å²) in [6, 6.07) is 9.21. The quantitative estimate of drug-likeness (QED) is 0.504. The van der Waals surface area contributed by atoms with Crippen LogP contribution in [-0.2, 0) is 21.4 Å². The topological polar surface area (TPSA) is 82.1 Å². The Balaban J connectivity index is 2.33. The van der Waals surface area contributed by atoms with Gasteiger partial charge in [-0.25, -0.2) is 0 Å². The van der Waals surface area contributed by atoms with E-state index in [1.807, 2.05) is 30.3 Å². The molecule has 0 amide bonds. The summed E-state index contributed by atoms with van der Waals surface area (Å²) in [4.78, 5) is 25.6. The molecule has 1 aliphatic heterocycles. The maximum Gasteiger partial charge on any atom is 0.330 e. The number of aromatic hydroxyl groups is 1. The number of carbonyl (C=O) groups is 2. The SMILES string of the molecule is COc1c(O)c(C)c2c(c1OC)OC(=O)[C@]2(Cc1ccccc1)C(C)=O. The van der Waals surface area contributed by atoms with Crippen molar-refractivity contribution in [2.24, 2.45) is 0 Å². The van der Waals surface area contributed by atoms with Gasteiger partial charge in [0.2, 0.25) is 11.5 Å². The fraction of sp³-hybridized carbons (Fsp3) is 0.300. The van der Waals surface area contributed by atoms with E-state index in [-0.39, 0.29) is 35.2 Å². The van der Waals surface area contributed by atoms with Crippen LogP contribution in [0, 0.1) is 6.92 Å². The number of hydrogen-bond donors (Lipinski definition) is 1. The number of Topliss-reactive ketones (excluding diaryl/α,β-unsaturated/α-hetero) is 1. The molecule has 26 heavy (non-hydrogen) atoms. The maximum atomic E-state index is 12.9. The van der Waals surface area contributed by atoms with Gasteiger partial charge in [-0.15, -0.1) is 0 Å². The zero-order chi connectivity index (χ0) is 19.1. The van der Waals surface area contributed by atoms with Crippen molar-refractivity contribution in [2.45, 2.75) is 25.7 Å². The summed E-state index contributed by atoms with van der Waals surface area (Å²) in [5.41, 5.74) is -0.0533. The molecule has 1 aliphatic rings. The van der Waals surface area contributed by atoms with Crippen LogP contribution in [0.25, 0.3) is 0 Å². The first-order valence-electron chi connectivity index (χ1n) is 8.13. The molecule has 2 aromatic rings. The van der Waals surface area contributed by atoms with E-state index in [1.165, 1.54) is 21.1 Å². The lowest BCUT2D eigenvalue weighted by molar-refractivity contribution is -0.143. The predicted molar refractivity (Wildman–Crippen MR) is 94.1 cm³/mol. The number of benzene rings is 2. The molecule has 0 saturated carbocycles. The van der Waals surface area contributed by atoms with E-state index in [0.29, 0.717) is 11.1 Å². The standard InChI is InChI=1S/C20H20O6/c1-11-14-16(18(25-4)17(24-3)15(11)22)26-19(23)20(14,12(2)21)10-13-8-6-5-7-9-13/h5-9,22H,10H2,1-4H3/t20-/m1/s1. The minimum atomic E-state index is -1.54. The van der Waals surface area contributed by atoms with Crippen molar-refractivity contribution in [3.8, 4) is 23.0 Å². The number of ether oxygens (including phenoxy) is 3. The second-order valence-electron chi connectivity index (χ2n) is 6.26. The van der Waals surface area contributed by atoms with Gasteiger partial charge < -0.3 is 19.3 Å². The fourth-order valence-electron chi connectivity index (χ4n) is 3.56. The highest BCUT2D eigenvalue weighted by Crippen LogP contribution is 2.56. The lowest BCUT2D eigenvalue weighted by Crippen LogP contribution is -2.43. The summed E-state index contributed by atoms with van der Waals surface area (Å²) < 4.78 is 16.0. The third-order valence-corrected chi connectivity index (χ3v) is 4.88. The molecule has 0 bridgehead atoms. The second kappa shape index (κ2) is 6.37. The first kappa shape index (κ1) is 17.8.